The zero-order chi connectivity index (χ0) is 16.2. The number of amides is 1. The molecule has 0 unspecified atom stereocenters. The number of methoxy groups -OCH3 is 1. The summed E-state index contributed by atoms with van der Waals surface area (Å²) in [5, 5.41) is 0. The minimum Gasteiger partial charge on any atom is -0.495 e. The molecule has 1 aliphatic heterocycles. The number of nitrogens with two attached hydrogens (primary N) is 1. The van der Waals surface area contributed by atoms with Crippen molar-refractivity contribution in [2.24, 2.45) is 11.7 Å². The lowest BCUT2D eigenvalue weighted by Gasteiger charge is -2.37. The van der Waals surface area contributed by atoms with Crippen LogP contribution in [0.3, 0.4) is 0 Å². The van der Waals surface area contributed by atoms with E-state index in [9.17, 15) is 4.79 Å². The van der Waals surface area contributed by atoms with Crippen LogP contribution in [0.1, 0.15) is 25.7 Å². The van der Waals surface area contributed by atoms with E-state index in [1.54, 1.807) is 7.11 Å². The predicted octanol–water partition coefficient (Wildman–Crippen LogP) is 2.70. The van der Waals surface area contributed by atoms with Crippen LogP contribution in [0.15, 0.2) is 24.3 Å². The first-order valence-electron chi connectivity index (χ1n) is 8.60. The highest BCUT2D eigenvalue weighted by molar-refractivity contribution is 5.85. The van der Waals surface area contributed by atoms with E-state index in [0.29, 0.717) is 12.3 Å². The second-order valence-corrected chi connectivity index (χ2v) is 6.60. The van der Waals surface area contributed by atoms with E-state index in [0.717, 1.165) is 50.5 Å². The van der Waals surface area contributed by atoms with Gasteiger partial charge in [0.2, 0.25) is 5.91 Å². The summed E-state index contributed by atoms with van der Waals surface area (Å²) in [5.74, 6) is 1.55. The molecule has 1 aromatic carbocycles. The molecule has 25 heavy (non-hydrogen) atoms. The van der Waals surface area contributed by atoms with Crippen LogP contribution >= 0.6 is 24.8 Å². The van der Waals surface area contributed by atoms with E-state index in [1.807, 2.05) is 23.1 Å². The molecule has 1 saturated heterocycles. The number of ether oxygens (including phenoxy) is 1. The van der Waals surface area contributed by atoms with Gasteiger partial charge >= 0.3 is 0 Å². The molecule has 1 aromatic rings. The Bertz CT molecular complexity index is 551. The van der Waals surface area contributed by atoms with Crippen LogP contribution in [0.4, 0.5) is 5.69 Å². The van der Waals surface area contributed by atoms with E-state index in [-0.39, 0.29) is 36.8 Å². The van der Waals surface area contributed by atoms with E-state index in [2.05, 4.69) is 11.0 Å². The number of para-hydroxylation sites is 2. The first-order valence-corrected chi connectivity index (χ1v) is 8.60. The van der Waals surface area contributed by atoms with Crippen molar-refractivity contribution in [1.82, 2.24) is 4.90 Å². The molecule has 2 aliphatic rings. The van der Waals surface area contributed by atoms with Crippen molar-refractivity contribution in [3.63, 3.8) is 0 Å². The largest absolute Gasteiger partial charge is 0.495 e. The fraction of sp³-hybridized carbons (Fsp3) is 0.611. The maximum absolute atomic E-state index is 12.5. The summed E-state index contributed by atoms with van der Waals surface area (Å²) in [5.41, 5.74) is 7.20. The van der Waals surface area contributed by atoms with Crippen LogP contribution in [0.2, 0.25) is 0 Å². The number of anilines is 1. The van der Waals surface area contributed by atoms with Gasteiger partial charge in [0.25, 0.3) is 0 Å². The number of rotatable bonds is 4. The SMILES string of the molecule is COc1ccccc1N1CCN(C(=O)C[C@@H]2CCC[C@H]2N)CC1.Cl.Cl. The normalized spacial score (nSPS) is 22.8. The zero-order valence-corrected chi connectivity index (χ0v) is 16.4. The molecule has 1 saturated carbocycles. The molecular weight excluding hydrogens is 361 g/mol. The molecule has 2 atom stereocenters. The van der Waals surface area contributed by atoms with Crippen molar-refractivity contribution in [2.75, 3.05) is 38.2 Å². The zero-order valence-electron chi connectivity index (χ0n) is 14.7. The Morgan fingerprint density at radius 3 is 2.44 bits per heavy atom. The van der Waals surface area contributed by atoms with Gasteiger partial charge < -0.3 is 20.3 Å². The summed E-state index contributed by atoms with van der Waals surface area (Å²) in [4.78, 5) is 16.8. The van der Waals surface area contributed by atoms with Gasteiger partial charge in [-0.3, -0.25) is 4.79 Å². The quantitative estimate of drug-likeness (QED) is 0.859. The van der Waals surface area contributed by atoms with Crippen LogP contribution in [-0.4, -0.2) is 50.1 Å². The Kier molecular flexibility index (Phi) is 8.83. The first kappa shape index (κ1) is 21.9. The van der Waals surface area contributed by atoms with Crippen LogP contribution in [0, 0.1) is 5.92 Å². The average Bonchev–Trinajstić information content (AvgIpc) is 3.00. The second-order valence-electron chi connectivity index (χ2n) is 6.60. The van der Waals surface area contributed by atoms with Gasteiger partial charge in [0.05, 0.1) is 12.8 Å². The van der Waals surface area contributed by atoms with Gasteiger partial charge in [0.15, 0.2) is 0 Å². The Morgan fingerprint density at radius 1 is 1.16 bits per heavy atom. The number of hydrogen-bond acceptors (Lipinski definition) is 4. The molecule has 1 aliphatic carbocycles. The van der Waals surface area contributed by atoms with Crippen molar-refractivity contribution in [3.8, 4) is 5.75 Å². The van der Waals surface area contributed by atoms with Gasteiger partial charge in [-0.25, -0.2) is 0 Å². The van der Waals surface area contributed by atoms with E-state index in [4.69, 9.17) is 10.5 Å². The molecule has 0 bridgehead atoms. The maximum Gasteiger partial charge on any atom is 0.223 e. The van der Waals surface area contributed by atoms with Gasteiger partial charge in [-0.15, -0.1) is 24.8 Å². The molecule has 0 radical (unpaired) electrons. The molecule has 0 aromatic heterocycles. The summed E-state index contributed by atoms with van der Waals surface area (Å²) in [6, 6.07) is 8.28. The Labute approximate surface area is 162 Å². The van der Waals surface area contributed by atoms with Crippen molar-refractivity contribution < 1.29 is 9.53 Å². The van der Waals surface area contributed by atoms with Gasteiger partial charge in [0.1, 0.15) is 5.75 Å². The number of nitrogens with zero attached hydrogens (tertiary/aromatic N) is 2. The standard InChI is InChI=1S/C18H27N3O2.2ClH/c1-23-17-8-3-2-7-16(17)20-9-11-21(12-10-20)18(22)13-14-5-4-6-15(14)19;;/h2-3,7-8,14-15H,4-6,9-13,19H2,1H3;2*1H/t14-,15+;;/m0../s1. The third-order valence-corrected chi connectivity index (χ3v) is 5.21. The van der Waals surface area contributed by atoms with Gasteiger partial charge in [0, 0.05) is 38.6 Å². The van der Waals surface area contributed by atoms with Crippen molar-refractivity contribution in [2.45, 2.75) is 31.7 Å². The summed E-state index contributed by atoms with van der Waals surface area (Å²) in [6.45, 7) is 3.25. The fourth-order valence-electron chi connectivity index (χ4n) is 3.76. The third kappa shape index (κ3) is 5.16. The Hall–Kier alpha value is -1.17. The number of hydrogen-bond donors (Lipinski definition) is 1. The van der Waals surface area contributed by atoms with Crippen LogP contribution in [0.25, 0.3) is 0 Å². The molecule has 2 fully saturated rings. The lowest BCUT2D eigenvalue weighted by molar-refractivity contribution is -0.132. The third-order valence-electron chi connectivity index (χ3n) is 5.21. The number of carbonyl (C=O) groups excluding carboxylic acids is 1. The highest BCUT2D eigenvalue weighted by Gasteiger charge is 2.29. The van der Waals surface area contributed by atoms with E-state index in [1.165, 1.54) is 6.42 Å². The summed E-state index contributed by atoms with van der Waals surface area (Å²) < 4.78 is 5.44. The molecular formula is C18H29Cl2N3O2. The molecule has 2 N–H and O–H groups in total. The van der Waals surface area contributed by atoms with Gasteiger partial charge in [-0.1, -0.05) is 18.6 Å². The van der Waals surface area contributed by atoms with Crippen LogP contribution in [0.5, 0.6) is 5.75 Å². The second kappa shape index (κ2) is 10.1. The Balaban J connectivity index is 0.00000156. The highest BCUT2D eigenvalue weighted by Crippen LogP contribution is 2.30. The number of halogens is 2. The van der Waals surface area contributed by atoms with Gasteiger partial charge in [-0.2, -0.15) is 0 Å². The molecule has 0 spiro atoms. The van der Waals surface area contributed by atoms with Crippen LogP contribution in [-0.2, 0) is 4.79 Å². The number of carbonyl (C=O) groups is 1. The smallest absolute Gasteiger partial charge is 0.223 e. The molecule has 1 amide bonds. The molecule has 3 rings (SSSR count). The minimum atomic E-state index is 0. The van der Waals surface area contributed by atoms with Crippen molar-refractivity contribution >= 4 is 36.4 Å². The molecule has 7 heteroatoms. The fourth-order valence-corrected chi connectivity index (χ4v) is 3.76. The number of piperazine rings is 1. The van der Waals surface area contributed by atoms with E-state index < -0.39 is 0 Å². The lowest BCUT2D eigenvalue weighted by atomic mass is 9.99. The average molecular weight is 390 g/mol. The molecule has 142 valence electrons. The number of benzene rings is 1. The first-order chi connectivity index (χ1) is 11.2. The topological polar surface area (TPSA) is 58.8 Å². The van der Waals surface area contributed by atoms with Crippen molar-refractivity contribution in [1.29, 1.82) is 0 Å². The molecule has 1 heterocycles. The summed E-state index contributed by atoms with van der Waals surface area (Å²) in [6.07, 6.45) is 3.96. The van der Waals surface area contributed by atoms with Gasteiger partial charge in [-0.05, 0) is 30.9 Å². The maximum atomic E-state index is 12.5. The lowest BCUT2D eigenvalue weighted by Crippen LogP contribution is -2.49. The Morgan fingerprint density at radius 2 is 1.84 bits per heavy atom. The predicted molar refractivity (Wildman–Crippen MR) is 106 cm³/mol. The molecule has 5 nitrogen and oxygen atoms in total. The summed E-state index contributed by atoms with van der Waals surface area (Å²) in [7, 11) is 1.70. The van der Waals surface area contributed by atoms with Crippen LogP contribution < -0.4 is 15.4 Å². The van der Waals surface area contributed by atoms with Crippen molar-refractivity contribution in [3.05, 3.63) is 24.3 Å². The van der Waals surface area contributed by atoms with E-state index >= 15 is 0 Å². The monoisotopic (exact) mass is 389 g/mol. The minimum absolute atomic E-state index is 0. The summed E-state index contributed by atoms with van der Waals surface area (Å²) >= 11 is 0. The highest BCUT2D eigenvalue weighted by atomic mass is 35.5.